The first-order valence-corrected chi connectivity index (χ1v) is 9.28. The summed E-state index contributed by atoms with van der Waals surface area (Å²) in [4.78, 5) is 4.49. The van der Waals surface area contributed by atoms with Crippen molar-refractivity contribution in [3.8, 4) is 39.8 Å². The quantitative estimate of drug-likeness (QED) is 0.495. The molecule has 0 bridgehead atoms. The van der Waals surface area contributed by atoms with Gasteiger partial charge >= 0.3 is 0 Å². The Kier molecular flexibility index (Phi) is 4.84. The first kappa shape index (κ1) is 18.8. The van der Waals surface area contributed by atoms with Gasteiger partial charge in [0.15, 0.2) is 17.1 Å². The Morgan fingerprint density at radius 3 is 2.10 bits per heavy atom. The van der Waals surface area contributed by atoms with Gasteiger partial charge in [0.1, 0.15) is 0 Å². The average molecular weight is 389 g/mol. The Hall–Kier alpha value is -3.54. The van der Waals surface area contributed by atoms with E-state index in [2.05, 4.69) is 37.0 Å². The average Bonchev–Trinajstić information content (AvgIpc) is 3.18. The molecule has 0 N–H and O–H groups in total. The summed E-state index contributed by atoms with van der Waals surface area (Å²) >= 11 is 0. The van der Waals surface area contributed by atoms with E-state index in [0.717, 1.165) is 28.2 Å². The molecule has 0 radical (unpaired) electrons. The van der Waals surface area contributed by atoms with Crippen LogP contribution in [0, 0.1) is 13.8 Å². The fraction of sp³-hybridized carbons (Fsp3) is 0.217. The minimum absolute atomic E-state index is 0.556. The van der Waals surface area contributed by atoms with E-state index in [4.69, 9.17) is 19.3 Å². The van der Waals surface area contributed by atoms with Gasteiger partial charge in [0.05, 0.1) is 32.7 Å². The van der Waals surface area contributed by atoms with Crippen LogP contribution in [0.2, 0.25) is 0 Å². The molecule has 0 saturated carbocycles. The van der Waals surface area contributed by atoms with Crippen molar-refractivity contribution in [2.24, 2.45) is 0 Å². The Bertz CT molecular complexity index is 1170. The summed E-state index contributed by atoms with van der Waals surface area (Å²) in [6, 6.07) is 14.1. The molecular weight excluding hydrogens is 366 g/mol. The molecule has 4 aromatic rings. The molecule has 2 heterocycles. The Labute approximate surface area is 169 Å². The van der Waals surface area contributed by atoms with Gasteiger partial charge in [0.25, 0.3) is 0 Å². The lowest BCUT2D eigenvalue weighted by atomic mass is 10.0. The molecule has 6 nitrogen and oxygen atoms in total. The van der Waals surface area contributed by atoms with Crippen LogP contribution in [0.1, 0.15) is 11.1 Å². The van der Waals surface area contributed by atoms with E-state index in [0.29, 0.717) is 17.2 Å². The number of benzene rings is 2. The first-order chi connectivity index (χ1) is 14.0. The van der Waals surface area contributed by atoms with Crippen molar-refractivity contribution >= 4 is 5.65 Å². The number of fused-ring (bicyclic) bond motifs is 1. The maximum Gasteiger partial charge on any atom is 0.203 e. The van der Waals surface area contributed by atoms with Crippen LogP contribution in [-0.4, -0.2) is 35.9 Å². The minimum atomic E-state index is 0.556. The molecule has 0 unspecified atom stereocenters. The third-order valence-electron chi connectivity index (χ3n) is 5.12. The zero-order chi connectivity index (χ0) is 20.5. The fourth-order valence-corrected chi connectivity index (χ4v) is 3.38. The van der Waals surface area contributed by atoms with E-state index in [9.17, 15) is 0 Å². The van der Waals surface area contributed by atoms with Crippen LogP contribution >= 0.6 is 0 Å². The summed E-state index contributed by atoms with van der Waals surface area (Å²) in [6.07, 6.45) is 1.78. The van der Waals surface area contributed by atoms with Crippen molar-refractivity contribution in [2.75, 3.05) is 21.3 Å². The van der Waals surface area contributed by atoms with Gasteiger partial charge in [0, 0.05) is 23.4 Å². The van der Waals surface area contributed by atoms with E-state index < -0.39 is 0 Å². The third-order valence-corrected chi connectivity index (χ3v) is 5.12. The third kappa shape index (κ3) is 3.27. The van der Waals surface area contributed by atoms with Gasteiger partial charge < -0.3 is 14.2 Å². The van der Waals surface area contributed by atoms with Crippen LogP contribution in [-0.2, 0) is 0 Å². The van der Waals surface area contributed by atoms with Gasteiger partial charge in [-0.3, -0.25) is 0 Å². The topological polar surface area (TPSA) is 57.9 Å². The first-order valence-electron chi connectivity index (χ1n) is 9.28. The summed E-state index contributed by atoms with van der Waals surface area (Å²) in [5.74, 6) is 1.74. The molecule has 0 aliphatic heterocycles. The molecule has 0 saturated heterocycles. The van der Waals surface area contributed by atoms with E-state index in [1.54, 1.807) is 27.5 Å². The number of hydrogen-bond donors (Lipinski definition) is 0. The molecule has 2 aromatic carbocycles. The fourth-order valence-electron chi connectivity index (χ4n) is 3.38. The SMILES string of the molecule is COc1cc(-c2ccnc3cc(-c4ccc(C)c(C)c4)nn23)cc(OC)c1OC. The van der Waals surface area contributed by atoms with Crippen LogP contribution in [0.25, 0.3) is 28.2 Å². The van der Waals surface area contributed by atoms with Crippen LogP contribution in [0.4, 0.5) is 0 Å². The Morgan fingerprint density at radius 1 is 0.759 bits per heavy atom. The Morgan fingerprint density at radius 2 is 1.48 bits per heavy atom. The van der Waals surface area contributed by atoms with Crippen LogP contribution < -0.4 is 14.2 Å². The van der Waals surface area contributed by atoms with Crippen LogP contribution in [0.15, 0.2) is 48.7 Å². The minimum Gasteiger partial charge on any atom is -0.493 e. The number of ether oxygens (including phenoxy) is 3. The predicted octanol–water partition coefficient (Wildman–Crippen LogP) is 4.71. The second-order valence-corrected chi connectivity index (χ2v) is 6.84. The van der Waals surface area contributed by atoms with Crippen molar-refractivity contribution < 1.29 is 14.2 Å². The molecule has 0 aliphatic carbocycles. The highest BCUT2D eigenvalue weighted by molar-refractivity contribution is 5.72. The number of aromatic nitrogens is 3. The molecule has 6 heteroatoms. The lowest BCUT2D eigenvalue weighted by Crippen LogP contribution is -1.99. The molecular formula is C23H23N3O3. The lowest BCUT2D eigenvalue weighted by molar-refractivity contribution is 0.324. The van der Waals surface area contributed by atoms with Gasteiger partial charge in [-0.05, 0) is 49.2 Å². The van der Waals surface area contributed by atoms with E-state index >= 15 is 0 Å². The zero-order valence-electron chi connectivity index (χ0n) is 17.2. The van der Waals surface area contributed by atoms with Crippen molar-refractivity contribution in [1.82, 2.24) is 14.6 Å². The second kappa shape index (κ2) is 7.47. The van der Waals surface area contributed by atoms with Gasteiger partial charge in [-0.1, -0.05) is 12.1 Å². The lowest BCUT2D eigenvalue weighted by Gasteiger charge is -2.14. The largest absolute Gasteiger partial charge is 0.493 e. The van der Waals surface area contributed by atoms with Gasteiger partial charge in [0.2, 0.25) is 5.75 Å². The summed E-state index contributed by atoms with van der Waals surface area (Å²) in [5, 5.41) is 4.82. The van der Waals surface area contributed by atoms with Crippen molar-refractivity contribution in [3.63, 3.8) is 0 Å². The van der Waals surface area contributed by atoms with E-state index in [-0.39, 0.29) is 0 Å². The summed E-state index contributed by atoms with van der Waals surface area (Å²) in [7, 11) is 4.80. The molecule has 4 rings (SSSR count). The summed E-state index contributed by atoms with van der Waals surface area (Å²) < 4.78 is 18.3. The highest BCUT2D eigenvalue weighted by atomic mass is 16.5. The highest BCUT2D eigenvalue weighted by Gasteiger charge is 2.17. The molecule has 0 amide bonds. The molecule has 0 atom stereocenters. The van der Waals surface area contributed by atoms with Crippen molar-refractivity contribution in [1.29, 1.82) is 0 Å². The molecule has 0 spiro atoms. The number of methoxy groups -OCH3 is 3. The molecule has 29 heavy (non-hydrogen) atoms. The van der Waals surface area contributed by atoms with E-state index in [1.165, 1.54) is 11.1 Å². The zero-order valence-corrected chi connectivity index (χ0v) is 17.2. The van der Waals surface area contributed by atoms with Gasteiger partial charge in [-0.25, -0.2) is 9.50 Å². The molecule has 0 fully saturated rings. The highest BCUT2D eigenvalue weighted by Crippen LogP contribution is 2.41. The number of hydrogen-bond acceptors (Lipinski definition) is 5. The summed E-state index contributed by atoms with van der Waals surface area (Å²) in [6.45, 7) is 4.21. The van der Waals surface area contributed by atoms with Crippen LogP contribution in [0.5, 0.6) is 17.2 Å². The number of rotatable bonds is 5. The van der Waals surface area contributed by atoms with E-state index in [1.807, 2.05) is 28.8 Å². The Balaban J connectivity index is 1.89. The van der Waals surface area contributed by atoms with Crippen LogP contribution in [0.3, 0.4) is 0 Å². The van der Waals surface area contributed by atoms with Gasteiger partial charge in [-0.15, -0.1) is 0 Å². The number of aryl methyl sites for hydroxylation is 2. The maximum absolute atomic E-state index is 5.50. The number of nitrogens with zero attached hydrogens (tertiary/aromatic N) is 3. The maximum atomic E-state index is 5.50. The molecule has 148 valence electrons. The predicted molar refractivity (Wildman–Crippen MR) is 113 cm³/mol. The summed E-state index contributed by atoms with van der Waals surface area (Å²) in [5.41, 5.74) is 6.97. The van der Waals surface area contributed by atoms with Gasteiger partial charge in [-0.2, -0.15) is 5.10 Å². The van der Waals surface area contributed by atoms with Crippen molar-refractivity contribution in [3.05, 3.63) is 59.8 Å². The standard InChI is InChI=1S/C23H23N3O3/c1-14-6-7-16(10-15(14)2)18-13-22-24-9-8-19(26(22)25-18)17-11-20(27-3)23(29-5)21(12-17)28-4/h6-13H,1-5H3. The monoisotopic (exact) mass is 389 g/mol. The molecule has 0 aliphatic rings. The normalized spacial score (nSPS) is 10.9. The molecule has 2 aromatic heterocycles. The van der Waals surface area contributed by atoms with Crippen molar-refractivity contribution in [2.45, 2.75) is 13.8 Å². The smallest absolute Gasteiger partial charge is 0.203 e. The second-order valence-electron chi connectivity index (χ2n) is 6.84.